The van der Waals surface area contributed by atoms with Gasteiger partial charge in [-0.05, 0) is 55.0 Å². The van der Waals surface area contributed by atoms with Crippen LogP contribution in [0.5, 0.6) is 0 Å². The van der Waals surface area contributed by atoms with E-state index >= 15 is 0 Å². The molecule has 0 saturated carbocycles. The first-order valence-electron chi connectivity index (χ1n) is 10.0. The molecule has 31 heavy (non-hydrogen) atoms. The highest BCUT2D eigenvalue weighted by atomic mass is 35.5. The lowest BCUT2D eigenvalue weighted by Gasteiger charge is -2.17. The number of halogens is 1. The Morgan fingerprint density at radius 2 is 2.10 bits per heavy atom. The molecule has 0 radical (unpaired) electrons. The third-order valence-electron chi connectivity index (χ3n) is 5.64. The van der Waals surface area contributed by atoms with Crippen LogP contribution in [0.1, 0.15) is 39.7 Å². The number of nitrogens with zero attached hydrogens (tertiary/aromatic N) is 2. The monoisotopic (exact) mass is 463 g/mol. The van der Waals surface area contributed by atoms with Crippen molar-refractivity contribution < 1.29 is 4.79 Å². The van der Waals surface area contributed by atoms with E-state index in [-0.39, 0.29) is 5.91 Å². The summed E-state index contributed by atoms with van der Waals surface area (Å²) < 4.78 is 0.674. The van der Waals surface area contributed by atoms with Gasteiger partial charge in [-0.3, -0.25) is 4.79 Å². The SMILES string of the molecule is C[C@H]1CCc2c(sc(NC(=O)c3cc(-c4ccc(Cl)s4)nc4ccccc34)c2C#N)C1. The van der Waals surface area contributed by atoms with Crippen LogP contribution in [0.2, 0.25) is 4.34 Å². The van der Waals surface area contributed by atoms with Crippen molar-refractivity contribution in [2.75, 3.05) is 5.32 Å². The molecular formula is C24H18ClN3OS2. The van der Waals surface area contributed by atoms with Crippen molar-refractivity contribution in [3.63, 3.8) is 0 Å². The molecule has 1 N–H and O–H groups in total. The summed E-state index contributed by atoms with van der Waals surface area (Å²) in [5.74, 6) is 0.371. The second-order valence-electron chi connectivity index (χ2n) is 7.80. The zero-order chi connectivity index (χ0) is 21.5. The number of hydrogen-bond donors (Lipinski definition) is 1. The molecule has 1 aromatic carbocycles. The van der Waals surface area contributed by atoms with E-state index in [1.807, 2.05) is 42.5 Å². The highest BCUT2D eigenvalue weighted by molar-refractivity contribution is 7.19. The van der Waals surface area contributed by atoms with Gasteiger partial charge in [-0.25, -0.2) is 4.98 Å². The molecule has 1 aliphatic carbocycles. The van der Waals surface area contributed by atoms with Crippen molar-refractivity contribution in [3.05, 3.63) is 68.4 Å². The van der Waals surface area contributed by atoms with Gasteiger partial charge in [0.1, 0.15) is 11.1 Å². The lowest BCUT2D eigenvalue weighted by Crippen LogP contribution is -2.13. The van der Waals surface area contributed by atoms with Crippen molar-refractivity contribution in [1.29, 1.82) is 5.26 Å². The van der Waals surface area contributed by atoms with Gasteiger partial charge in [0.05, 0.1) is 31.6 Å². The van der Waals surface area contributed by atoms with E-state index in [0.717, 1.165) is 40.6 Å². The number of nitriles is 1. The minimum absolute atomic E-state index is 0.231. The van der Waals surface area contributed by atoms with Gasteiger partial charge in [0.15, 0.2) is 0 Å². The lowest BCUT2D eigenvalue weighted by molar-refractivity contribution is 0.102. The number of thiophene rings is 2. The molecule has 0 fully saturated rings. The number of nitrogens with one attached hydrogen (secondary N) is 1. The van der Waals surface area contributed by atoms with Gasteiger partial charge in [-0.15, -0.1) is 22.7 Å². The third kappa shape index (κ3) is 3.74. The Morgan fingerprint density at radius 1 is 1.26 bits per heavy atom. The Kier molecular flexibility index (Phi) is 5.27. The van der Waals surface area contributed by atoms with E-state index in [1.54, 1.807) is 0 Å². The van der Waals surface area contributed by atoms with Gasteiger partial charge in [-0.2, -0.15) is 5.26 Å². The number of carbonyl (C=O) groups excluding carboxylic acids is 1. The van der Waals surface area contributed by atoms with Gasteiger partial charge in [0, 0.05) is 10.3 Å². The molecule has 1 amide bonds. The largest absolute Gasteiger partial charge is 0.312 e. The minimum Gasteiger partial charge on any atom is -0.312 e. The number of fused-ring (bicyclic) bond motifs is 2. The first-order valence-corrected chi connectivity index (χ1v) is 12.1. The number of benzene rings is 1. The number of hydrogen-bond acceptors (Lipinski definition) is 5. The Hall–Kier alpha value is -2.72. The maximum absolute atomic E-state index is 13.4. The summed E-state index contributed by atoms with van der Waals surface area (Å²) in [4.78, 5) is 20.3. The zero-order valence-electron chi connectivity index (χ0n) is 16.7. The smallest absolute Gasteiger partial charge is 0.257 e. The Balaban J connectivity index is 1.57. The number of pyridine rings is 1. The van der Waals surface area contributed by atoms with Crippen LogP contribution < -0.4 is 5.32 Å². The molecule has 5 rings (SSSR count). The van der Waals surface area contributed by atoms with E-state index in [1.165, 1.54) is 27.6 Å². The Bertz CT molecular complexity index is 1370. The number of rotatable bonds is 3. The van der Waals surface area contributed by atoms with Gasteiger partial charge in [0.2, 0.25) is 0 Å². The standard InChI is InChI=1S/C24H18ClN3OS2/c1-13-6-7-15-17(12-26)24(31-21(15)10-13)28-23(29)16-11-19(20-8-9-22(25)30-20)27-18-5-3-2-4-14(16)18/h2-5,8-9,11,13H,6-7,10H2,1H3,(H,28,29)/t13-/m0/s1. The first kappa shape index (κ1) is 20.2. The van der Waals surface area contributed by atoms with Crippen LogP contribution in [-0.2, 0) is 12.8 Å². The molecule has 154 valence electrons. The van der Waals surface area contributed by atoms with E-state index < -0.39 is 0 Å². The number of anilines is 1. The number of amides is 1. The van der Waals surface area contributed by atoms with Crippen LogP contribution in [0, 0.1) is 17.2 Å². The molecule has 3 aromatic heterocycles. The molecule has 0 spiro atoms. The number of aromatic nitrogens is 1. The summed E-state index contributed by atoms with van der Waals surface area (Å²) in [6.07, 6.45) is 2.94. The van der Waals surface area contributed by atoms with Gasteiger partial charge in [-0.1, -0.05) is 36.7 Å². The molecule has 7 heteroatoms. The quantitative estimate of drug-likeness (QED) is 0.358. The van der Waals surface area contributed by atoms with Crippen LogP contribution in [0.25, 0.3) is 21.5 Å². The van der Waals surface area contributed by atoms with E-state index in [2.05, 4.69) is 18.3 Å². The third-order valence-corrected chi connectivity index (χ3v) is 8.06. The van der Waals surface area contributed by atoms with Gasteiger partial charge in [0.25, 0.3) is 5.91 Å². The lowest BCUT2D eigenvalue weighted by atomic mass is 9.88. The van der Waals surface area contributed by atoms with Crippen LogP contribution in [0.4, 0.5) is 5.00 Å². The molecule has 0 saturated heterocycles. The average Bonchev–Trinajstić information content (AvgIpc) is 3.35. The average molecular weight is 464 g/mol. The fourth-order valence-corrected chi connectivity index (χ4v) is 6.43. The fourth-order valence-electron chi connectivity index (χ4n) is 4.07. The van der Waals surface area contributed by atoms with Crippen molar-refractivity contribution in [2.24, 2.45) is 5.92 Å². The van der Waals surface area contributed by atoms with Gasteiger partial charge >= 0.3 is 0 Å². The van der Waals surface area contributed by atoms with Crippen LogP contribution in [0.3, 0.4) is 0 Å². The summed E-state index contributed by atoms with van der Waals surface area (Å²) in [6.45, 7) is 2.23. The van der Waals surface area contributed by atoms with Crippen molar-refractivity contribution in [1.82, 2.24) is 4.98 Å². The van der Waals surface area contributed by atoms with Crippen LogP contribution in [0.15, 0.2) is 42.5 Å². The highest BCUT2D eigenvalue weighted by Crippen LogP contribution is 2.40. The zero-order valence-corrected chi connectivity index (χ0v) is 19.1. The molecule has 3 heterocycles. The second kappa shape index (κ2) is 8.08. The molecule has 4 nitrogen and oxygen atoms in total. The maximum Gasteiger partial charge on any atom is 0.257 e. The number of para-hydroxylation sites is 1. The predicted octanol–water partition coefficient (Wildman–Crippen LogP) is 6.93. The van der Waals surface area contributed by atoms with Crippen molar-refractivity contribution in [2.45, 2.75) is 26.2 Å². The minimum atomic E-state index is -0.231. The summed E-state index contributed by atoms with van der Waals surface area (Å²) >= 11 is 9.08. The Labute approximate surface area is 193 Å². The molecule has 4 aromatic rings. The highest BCUT2D eigenvalue weighted by Gasteiger charge is 2.25. The van der Waals surface area contributed by atoms with E-state index in [9.17, 15) is 10.1 Å². The molecule has 1 atom stereocenters. The van der Waals surface area contributed by atoms with Crippen molar-refractivity contribution >= 4 is 56.1 Å². The Morgan fingerprint density at radius 3 is 2.87 bits per heavy atom. The molecule has 1 aliphatic rings. The molecule has 0 bridgehead atoms. The summed E-state index contributed by atoms with van der Waals surface area (Å²) in [5, 5.41) is 14.2. The second-order valence-corrected chi connectivity index (χ2v) is 10.6. The fraction of sp³-hybridized carbons (Fsp3) is 0.208. The summed E-state index contributed by atoms with van der Waals surface area (Å²) in [7, 11) is 0. The predicted molar refractivity (Wildman–Crippen MR) is 128 cm³/mol. The first-order chi connectivity index (χ1) is 15.0. The normalized spacial score (nSPS) is 15.5. The molecular weight excluding hydrogens is 446 g/mol. The number of carbonyl (C=O) groups is 1. The molecule has 0 unspecified atom stereocenters. The summed E-state index contributed by atoms with van der Waals surface area (Å²) in [6, 6.07) is 15.5. The van der Waals surface area contributed by atoms with Crippen molar-refractivity contribution in [3.8, 4) is 16.6 Å². The van der Waals surface area contributed by atoms with Crippen LogP contribution in [-0.4, -0.2) is 10.9 Å². The topological polar surface area (TPSA) is 65.8 Å². The molecule has 0 aliphatic heterocycles. The summed E-state index contributed by atoms with van der Waals surface area (Å²) in [5.41, 5.74) is 3.71. The van der Waals surface area contributed by atoms with Gasteiger partial charge < -0.3 is 5.32 Å². The van der Waals surface area contributed by atoms with E-state index in [0.29, 0.717) is 32.1 Å². The van der Waals surface area contributed by atoms with Crippen LogP contribution >= 0.6 is 34.3 Å². The maximum atomic E-state index is 13.4. The van der Waals surface area contributed by atoms with E-state index in [4.69, 9.17) is 16.6 Å².